The Bertz CT molecular complexity index is 310. The van der Waals surface area contributed by atoms with Gasteiger partial charge in [-0.3, -0.25) is 0 Å². The summed E-state index contributed by atoms with van der Waals surface area (Å²) >= 11 is 0. The van der Waals surface area contributed by atoms with Crippen molar-refractivity contribution in [3.63, 3.8) is 0 Å². The first-order valence-corrected chi connectivity index (χ1v) is 5.92. The molecule has 0 bridgehead atoms. The summed E-state index contributed by atoms with van der Waals surface area (Å²) in [5.41, 5.74) is 1.20. The van der Waals surface area contributed by atoms with E-state index in [1.165, 1.54) is 5.56 Å². The molecule has 1 saturated heterocycles. The third-order valence-corrected chi connectivity index (χ3v) is 2.74. The predicted molar refractivity (Wildman–Crippen MR) is 70.9 cm³/mol. The van der Waals surface area contributed by atoms with E-state index in [-0.39, 0.29) is 12.4 Å². The molecule has 1 N–H and O–H groups in total. The summed E-state index contributed by atoms with van der Waals surface area (Å²) in [6.07, 6.45) is 1.50. The molecule has 2 rings (SSSR count). The summed E-state index contributed by atoms with van der Waals surface area (Å²) in [5.74, 6) is 0.925. The van der Waals surface area contributed by atoms with Gasteiger partial charge in [-0.2, -0.15) is 0 Å². The monoisotopic (exact) mass is 257 g/mol. The second kappa shape index (κ2) is 7.54. The van der Waals surface area contributed by atoms with Crippen LogP contribution in [-0.2, 0) is 11.3 Å². The largest absolute Gasteiger partial charge is 0.494 e. The molecule has 1 aromatic carbocycles. The smallest absolute Gasteiger partial charge is 0.119 e. The Morgan fingerprint density at radius 1 is 1.29 bits per heavy atom. The molecule has 0 saturated carbocycles. The van der Waals surface area contributed by atoms with Crippen LogP contribution in [0.5, 0.6) is 5.75 Å². The second-order valence-electron chi connectivity index (χ2n) is 4.00. The van der Waals surface area contributed by atoms with Gasteiger partial charge in [0.25, 0.3) is 0 Å². The Labute approximate surface area is 109 Å². The third kappa shape index (κ3) is 4.54. The van der Waals surface area contributed by atoms with E-state index in [0.29, 0.717) is 19.3 Å². The van der Waals surface area contributed by atoms with Crippen molar-refractivity contribution in [1.82, 2.24) is 5.32 Å². The van der Waals surface area contributed by atoms with Crippen molar-refractivity contribution in [3.05, 3.63) is 29.8 Å². The summed E-state index contributed by atoms with van der Waals surface area (Å²) in [4.78, 5) is 0. The van der Waals surface area contributed by atoms with E-state index in [1.54, 1.807) is 0 Å². The highest BCUT2D eigenvalue weighted by Crippen LogP contribution is 2.14. The van der Waals surface area contributed by atoms with Crippen LogP contribution < -0.4 is 10.1 Å². The lowest BCUT2D eigenvalue weighted by molar-refractivity contribution is 0.0542. The lowest BCUT2D eigenvalue weighted by Crippen LogP contribution is -2.16. The second-order valence-corrected chi connectivity index (χ2v) is 4.00. The average Bonchev–Trinajstić information content (AvgIpc) is 2.82. The van der Waals surface area contributed by atoms with Gasteiger partial charge < -0.3 is 14.8 Å². The molecule has 0 spiro atoms. The van der Waals surface area contributed by atoms with Crippen LogP contribution in [0.3, 0.4) is 0 Å². The summed E-state index contributed by atoms with van der Waals surface area (Å²) in [7, 11) is 0. The standard InChI is InChI=1S/C13H19NO2.ClH/c1-2-15-12-5-3-11(4-6-12)10-16-13-7-8-14-9-13;/h3-6,13-14H,2,7-10H2,1H3;1H/t13-;/m0./s1. The highest BCUT2D eigenvalue weighted by atomic mass is 35.5. The molecular weight excluding hydrogens is 238 g/mol. The van der Waals surface area contributed by atoms with E-state index in [1.807, 2.05) is 19.1 Å². The summed E-state index contributed by atoms with van der Waals surface area (Å²) in [6.45, 7) is 5.46. The maximum absolute atomic E-state index is 5.79. The zero-order valence-corrected chi connectivity index (χ0v) is 11.0. The van der Waals surface area contributed by atoms with Gasteiger partial charge in [-0.15, -0.1) is 12.4 Å². The number of ether oxygens (including phenoxy) is 2. The Morgan fingerprint density at radius 2 is 2.06 bits per heavy atom. The topological polar surface area (TPSA) is 30.5 Å². The van der Waals surface area contributed by atoms with E-state index in [0.717, 1.165) is 25.3 Å². The van der Waals surface area contributed by atoms with Crippen LogP contribution >= 0.6 is 12.4 Å². The summed E-state index contributed by atoms with van der Waals surface area (Å²) in [5, 5.41) is 3.29. The fourth-order valence-electron chi connectivity index (χ4n) is 1.83. The molecule has 1 aromatic rings. The van der Waals surface area contributed by atoms with Crippen LogP contribution in [0.15, 0.2) is 24.3 Å². The Morgan fingerprint density at radius 3 is 2.65 bits per heavy atom. The molecule has 0 aromatic heterocycles. The number of nitrogens with one attached hydrogen (secondary N) is 1. The van der Waals surface area contributed by atoms with Crippen molar-refractivity contribution < 1.29 is 9.47 Å². The minimum absolute atomic E-state index is 0. The van der Waals surface area contributed by atoms with Gasteiger partial charge in [-0.05, 0) is 37.6 Å². The molecule has 0 radical (unpaired) electrons. The van der Waals surface area contributed by atoms with Crippen LogP contribution in [0.1, 0.15) is 18.9 Å². The van der Waals surface area contributed by atoms with Gasteiger partial charge in [0.2, 0.25) is 0 Å². The fourth-order valence-corrected chi connectivity index (χ4v) is 1.83. The van der Waals surface area contributed by atoms with Crippen LogP contribution in [0.2, 0.25) is 0 Å². The minimum atomic E-state index is 0. The first-order valence-electron chi connectivity index (χ1n) is 5.92. The molecule has 17 heavy (non-hydrogen) atoms. The number of hydrogen-bond acceptors (Lipinski definition) is 3. The molecule has 1 fully saturated rings. The van der Waals surface area contributed by atoms with E-state index in [9.17, 15) is 0 Å². The summed E-state index contributed by atoms with van der Waals surface area (Å²) < 4.78 is 11.2. The Balaban J connectivity index is 0.00000144. The van der Waals surface area contributed by atoms with Crippen molar-refractivity contribution in [1.29, 1.82) is 0 Å². The van der Waals surface area contributed by atoms with Crippen molar-refractivity contribution in [2.75, 3.05) is 19.7 Å². The van der Waals surface area contributed by atoms with Crippen molar-refractivity contribution in [2.45, 2.75) is 26.1 Å². The van der Waals surface area contributed by atoms with Crippen molar-refractivity contribution in [2.24, 2.45) is 0 Å². The highest BCUT2D eigenvalue weighted by molar-refractivity contribution is 5.85. The number of rotatable bonds is 5. The van der Waals surface area contributed by atoms with Gasteiger partial charge in [0.05, 0.1) is 19.3 Å². The molecule has 4 heteroatoms. The van der Waals surface area contributed by atoms with Gasteiger partial charge in [-0.25, -0.2) is 0 Å². The molecule has 1 heterocycles. The van der Waals surface area contributed by atoms with Crippen molar-refractivity contribution in [3.8, 4) is 5.75 Å². The molecule has 3 nitrogen and oxygen atoms in total. The van der Waals surface area contributed by atoms with E-state index >= 15 is 0 Å². The molecule has 1 aliphatic heterocycles. The summed E-state index contributed by atoms with van der Waals surface area (Å²) in [6, 6.07) is 8.12. The maximum Gasteiger partial charge on any atom is 0.119 e. The molecule has 1 atom stereocenters. The van der Waals surface area contributed by atoms with E-state index in [2.05, 4.69) is 17.4 Å². The lowest BCUT2D eigenvalue weighted by atomic mass is 10.2. The number of halogens is 1. The fraction of sp³-hybridized carbons (Fsp3) is 0.538. The lowest BCUT2D eigenvalue weighted by Gasteiger charge is -2.10. The zero-order chi connectivity index (χ0) is 11.2. The minimum Gasteiger partial charge on any atom is -0.494 e. The Hall–Kier alpha value is -0.770. The van der Waals surface area contributed by atoms with Crippen LogP contribution in [0.25, 0.3) is 0 Å². The molecule has 96 valence electrons. The quantitative estimate of drug-likeness (QED) is 0.879. The molecular formula is C13H20ClNO2. The highest BCUT2D eigenvalue weighted by Gasteiger charge is 2.14. The molecule has 0 unspecified atom stereocenters. The van der Waals surface area contributed by atoms with Gasteiger partial charge in [0.15, 0.2) is 0 Å². The average molecular weight is 258 g/mol. The Kier molecular flexibility index (Phi) is 6.34. The van der Waals surface area contributed by atoms with Crippen LogP contribution in [-0.4, -0.2) is 25.8 Å². The van der Waals surface area contributed by atoms with Crippen molar-refractivity contribution >= 4 is 12.4 Å². The van der Waals surface area contributed by atoms with Gasteiger partial charge in [0, 0.05) is 6.54 Å². The van der Waals surface area contributed by atoms with Gasteiger partial charge >= 0.3 is 0 Å². The SMILES string of the molecule is CCOc1ccc(CO[C@H]2CCNC2)cc1.Cl. The number of benzene rings is 1. The first-order chi connectivity index (χ1) is 7.88. The van der Waals surface area contributed by atoms with Gasteiger partial charge in [0.1, 0.15) is 5.75 Å². The van der Waals surface area contributed by atoms with E-state index in [4.69, 9.17) is 9.47 Å². The number of hydrogen-bond donors (Lipinski definition) is 1. The predicted octanol–water partition coefficient (Wildman–Crippen LogP) is 2.39. The first kappa shape index (κ1) is 14.3. The molecule has 1 aliphatic rings. The zero-order valence-electron chi connectivity index (χ0n) is 10.1. The molecule has 0 amide bonds. The molecule has 0 aliphatic carbocycles. The van der Waals surface area contributed by atoms with Gasteiger partial charge in [-0.1, -0.05) is 12.1 Å². The van der Waals surface area contributed by atoms with E-state index < -0.39 is 0 Å². The normalized spacial score (nSPS) is 18.8. The van der Waals surface area contributed by atoms with Crippen LogP contribution in [0, 0.1) is 0 Å². The van der Waals surface area contributed by atoms with Crippen LogP contribution in [0.4, 0.5) is 0 Å². The maximum atomic E-state index is 5.79. The third-order valence-electron chi connectivity index (χ3n) is 2.74.